The third-order valence-electron chi connectivity index (χ3n) is 8.32. The molecule has 0 atom stereocenters. The maximum atomic E-state index is 5.12. The van der Waals surface area contributed by atoms with Crippen molar-refractivity contribution in [1.29, 1.82) is 0 Å². The average molecular weight is 549 g/mol. The monoisotopic (exact) mass is 548 g/mol. The quantitative estimate of drug-likeness (QED) is 0.204. The van der Waals surface area contributed by atoms with Gasteiger partial charge in [-0.05, 0) is 75.0 Å². The second-order valence-corrected chi connectivity index (χ2v) is 11.1. The fourth-order valence-corrected chi connectivity index (χ4v) is 6.13. The number of para-hydroxylation sites is 1. The van der Waals surface area contributed by atoms with Gasteiger partial charge in [-0.25, -0.2) is 9.97 Å². The van der Waals surface area contributed by atoms with Crippen molar-refractivity contribution in [2.45, 2.75) is 6.92 Å². The van der Waals surface area contributed by atoms with Crippen LogP contribution in [0.5, 0.6) is 0 Å². The van der Waals surface area contributed by atoms with Gasteiger partial charge in [0, 0.05) is 16.5 Å². The van der Waals surface area contributed by atoms with Gasteiger partial charge >= 0.3 is 0 Å². The lowest BCUT2D eigenvalue weighted by Gasteiger charge is -2.13. The molecule has 2 nitrogen and oxygen atoms in total. The highest BCUT2D eigenvalue weighted by Crippen LogP contribution is 2.37. The molecule has 7 aromatic carbocycles. The SMILES string of the molecule is Cc1ccc(-c2nc(-c3cccc(-c4cccc(-c5cc6ccccc6c6ccccc56)c4)c3)nc3ccccc23)cc1. The van der Waals surface area contributed by atoms with E-state index < -0.39 is 0 Å². The lowest BCUT2D eigenvalue weighted by Crippen LogP contribution is -1.95. The Morgan fingerprint density at radius 2 is 1.00 bits per heavy atom. The van der Waals surface area contributed by atoms with Gasteiger partial charge in [-0.1, -0.05) is 133 Å². The summed E-state index contributed by atoms with van der Waals surface area (Å²) in [7, 11) is 0. The zero-order valence-corrected chi connectivity index (χ0v) is 23.8. The molecule has 8 rings (SSSR count). The Morgan fingerprint density at radius 1 is 0.395 bits per heavy atom. The number of rotatable bonds is 4. The van der Waals surface area contributed by atoms with E-state index >= 15 is 0 Å². The van der Waals surface area contributed by atoms with E-state index in [4.69, 9.17) is 9.97 Å². The topological polar surface area (TPSA) is 25.8 Å². The molecule has 1 aromatic heterocycles. The second kappa shape index (κ2) is 10.3. The zero-order chi connectivity index (χ0) is 28.8. The molecule has 0 saturated heterocycles. The highest BCUT2D eigenvalue weighted by molar-refractivity contribution is 6.13. The summed E-state index contributed by atoms with van der Waals surface area (Å²) in [6, 6.07) is 53.9. The summed E-state index contributed by atoms with van der Waals surface area (Å²) in [5.74, 6) is 0.729. The van der Waals surface area contributed by atoms with Crippen LogP contribution in [0.25, 0.3) is 77.3 Å². The molecule has 0 bridgehead atoms. The van der Waals surface area contributed by atoms with Crippen LogP contribution >= 0.6 is 0 Å². The van der Waals surface area contributed by atoms with Gasteiger partial charge in [-0.15, -0.1) is 0 Å². The third kappa shape index (κ3) is 4.54. The van der Waals surface area contributed by atoms with Crippen molar-refractivity contribution in [3.63, 3.8) is 0 Å². The van der Waals surface area contributed by atoms with E-state index in [9.17, 15) is 0 Å². The smallest absolute Gasteiger partial charge is 0.160 e. The number of benzene rings is 7. The fraction of sp³-hybridized carbons (Fsp3) is 0.0244. The molecule has 0 unspecified atom stereocenters. The lowest BCUT2D eigenvalue weighted by molar-refractivity contribution is 1.23. The minimum atomic E-state index is 0.729. The predicted octanol–water partition coefficient (Wildman–Crippen LogP) is 10.9. The van der Waals surface area contributed by atoms with Gasteiger partial charge in [-0.3, -0.25) is 0 Å². The van der Waals surface area contributed by atoms with Crippen LogP contribution in [-0.4, -0.2) is 9.97 Å². The summed E-state index contributed by atoms with van der Waals surface area (Å²) in [5, 5.41) is 6.13. The summed E-state index contributed by atoms with van der Waals surface area (Å²) >= 11 is 0. The van der Waals surface area contributed by atoms with Gasteiger partial charge < -0.3 is 0 Å². The Kier molecular flexibility index (Phi) is 6.05. The lowest BCUT2D eigenvalue weighted by atomic mass is 9.91. The van der Waals surface area contributed by atoms with Gasteiger partial charge in [0.1, 0.15) is 0 Å². The number of aryl methyl sites for hydroxylation is 1. The standard InChI is InChI=1S/C41H28N2/c1-27-20-22-28(23-21-27)40-37-18-6-7-19-39(37)42-41(43-40)33-14-9-12-30(25-33)29-11-8-13-31(24-29)38-26-32-10-2-3-15-34(32)35-16-4-5-17-36(35)38/h2-26H,1H3. The van der Waals surface area contributed by atoms with Crippen LogP contribution in [-0.2, 0) is 0 Å². The first-order valence-electron chi connectivity index (χ1n) is 14.7. The molecule has 0 radical (unpaired) electrons. The number of aromatic nitrogens is 2. The van der Waals surface area contributed by atoms with Crippen molar-refractivity contribution in [3.8, 4) is 44.9 Å². The minimum absolute atomic E-state index is 0.729. The summed E-state index contributed by atoms with van der Waals surface area (Å²) in [4.78, 5) is 10.1. The molecule has 0 saturated carbocycles. The molecule has 0 aliphatic heterocycles. The van der Waals surface area contributed by atoms with E-state index in [0.717, 1.165) is 44.7 Å². The first-order valence-corrected chi connectivity index (χ1v) is 14.7. The molecular formula is C41H28N2. The average Bonchev–Trinajstić information content (AvgIpc) is 3.08. The molecule has 43 heavy (non-hydrogen) atoms. The molecule has 0 spiro atoms. The first-order chi connectivity index (χ1) is 21.2. The predicted molar refractivity (Wildman–Crippen MR) is 181 cm³/mol. The Bertz CT molecular complexity index is 2300. The van der Waals surface area contributed by atoms with E-state index in [2.05, 4.69) is 153 Å². The van der Waals surface area contributed by atoms with Crippen molar-refractivity contribution in [2.75, 3.05) is 0 Å². The van der Waals surface area contributed by atoms with Crippen LogP contribution < -0.4 is 0 Å². The van der Waals surface area contributed by atoms with Crippen LogP contribution in [0.4, 0.5) is 0 Å². The molecule has 8 aromatic rings. The van der Waals surface area contributed by atoms with Crippen LogP contribution in [0.3, 0.4) is 0 Å². The van der Waals surface area contributed by atoms with Crippen molar-refractivity contribution in [1.82, 2.24) is 9.97 Å². The molecular weight excluding hydrogens is 520 g/mol. The summed E-state index contributed by atoms with van der Waals surface area (Å²) < 4.78 is 0. The Labute approximate surface area is 251 Å². The number of nitrogens with zero attached hydrogens (tertiary/aromatic N) is 2. The van der Waals surface area contributed by atoms with Crippen LogP contribution in [0.2, 0.25) is 0 Å². The Balaban J connectivity index is 1.25. The third-order valence-corrected chi connectivity index (χ3v) is 8.32. The maximum absolute atomic E-state index is 5.12. The minimum Gasteiger partial charge on any atom is -0.228 e. The molecule has 202 valence electrons. The van der Waals surface area contributed by atoms with Gasteiger partial charge in [0.2, 0.25) is 0 Å². The van der Waals surface area contributed by atoms with Gasteiger partial charge in [0.15, 0.2) is 5.82 Å². The molecule has 0 aliphatic rings. The van der Waals surface area contributed by atoms with Gasteiger partial charge in [0.05, 0.1) is 11.2 Å². The Morgan fingerprint density at radius 3 is 1.79 bits per heavy atom. The van der Waals surface area contributed by atoms with Gasteiger partial charge in [0.25, 0.3) is 0 Å². The molecule has 2 heteroatoms. The molecule has 1 heterocycles. The molecule has 0 fully saturated rings. The van der Waals surface area contributed by atoms with Crippen molar-refractivity contribution < 1.29 is 0 Å². The van der Waals surface area contributed by atoms with E-state index in [-0.39, 0.29) is 0 Å². The number of fused-ring (bicyclic) bond motifs is 4. The number of hydrogen-bond acceptors (Lipinski definition) is 2. The Hall–Kier alpha value is -5.60. The summed E-state index contributed by atoms with van der Waals surface area (Å²) in [5.41, 5.74) is 9.97. The fourth-order valence-electron chi connectivity index (χ4n) is 6.13. The molecule has 0 N–H and O–H groups in total. The van der Waals surface area contributed by atoms with Crippen molar-refractivity contribution >= 4 is 32.4 Å². The van der Waals surface area contributed by atoms with Crippen molar-refractivity contribution in [2.24, 2.45) is 0 Å². The van der Waals surface area contributed by atoms with Crippen LogP contribution in [0, 0.1) is 6.92 Å². The van der Waals surface area contributed by atoms with E-state index in [1.807, 2.05) is 6.07 Å². The summed E-state index contributed by atoms with van der Waals surface area (Å²) in [6.07, 6.45) is 0. The maximum Gasteiger partial charge on any atom is 0.160 e. The van der Waals surface area contributed by atoms with E-state index in [1.54, 1.807) is 0 Å². The van der Waals surface area contributed by atoms with Crippen LogP contribution in [0.15, 0.2) is 152 Å². The van der Waals surface area contributed by atoms with Crippen molar-refractivity contribution in [3.05, 3.63) is 157 Å². The largest absolute Gasteiger partial charge is 0.228 e. The van der Waals surface area contributed by atoms with E-state index in [0.29, 0.717) is 0 Å². The highest BCUT2D eigenvalue weighted by Gasteiger charge is 2.13. The molecule has 0 amide bonds. The highest BCUT2D eigenvalue weighted by atomic mass is 14.9. The van der Waals surface area contributed by atoms with Crippen LogP contribution in [0.1, 0.15) is 5.56 Å². The normalized spacial score (nSPS) is 11.4. The number of hydrogen-bond donors (Lipinski definition) is 0. The second-order valence-electron chi connectivity index (χ2n) is 11.1. The van der Waals surface area contributed by atoms with E-state index in [1.165, 1.54) is 38.2 Å². The first kappa shape index (κ1) is 25.1. The van der Waals surface area contributed by atoms with Gasteiger partial charge in [-0.2, -0.15) is 0 Å². The molecule has 0 aliphatic carbocycles. The zero-order valence-electron chi connectivity index (χ0n) is 23.8. The summed E-state index contributed by atoms with van der Waals surface area (Å²) in [6.45, 7) is 2.11.